The lowest BCUT2D eigenvalue weighted by atomic mass is 10.1. The van der Waals surface area contributed by atoms with Crippen LogP contribution in [0, 0.1) is 0 Å². The number of carbonyl (C=O) groups excluding carboxylic acids is 1. The van der Waals surface area contributed by atoms with E-state index in [2.05, 4.69) is 5.10 Å². The number of aromatic nitrogens is 2. The molecule has 1 amide bonds. The Bertz CT molecular complexity index is 698. The minimum absolute atomic E-state index is 0.0225. The SMILES string of the molecule is CCn1cc(CC(=O)N2CC(C)Oc3c(Cl)cccc32)cn1. The molecule has 1 aliphatic heterocycles. The highest BCUT2D eigenvalue weighted by molar-refractivity contribution is 6.32. The highest BCUT2D eigenvalue weighted by Crippen LogP contribution is 2.39. The van der Waals surface area contributed by atoms with E-state index in [1.807, 2.05) is 36.9 Å². The summed E-state index contributed by atoms with van der Waals surface area (Å²) in [6.45, 7) is 5.26. The van der Waals surface area contributed by atoms with Gasteiger partial charge in [-0.2, -0.15) is 5.10 Å². The van der Waals surface area contributed by atoms with Gasteiger partial charge in [0.05, 0.1) is 29.9 Å². The van der Waals surface area contributed by atoms with Gasteiger partial charge in [-0.25, -0.2) is 0 Å². The Balaban J connectivity index is 1.85. The number of benzene rings is 1. The van der Waals surface area contributed by atoms with E-state index >= 15 is 0 Å². The van der Waals surface area contributed by atoms with Crippen LogP contribution in [0.25, 0.3) is 0 Å². The number of rotatable bonds is 3. The van der Waals surface area contributed by atoms with Crippen molar-refractivity contribution in [3.05, 3.63) is 41.2 Å². The maximum atomic E-state index is 12.7. The number of carbonyl (C=O) groups is 1. The van der Waals surface area contributed by atoms with Crippen LogP contribution in [-0.2, 0) is 17.8 Å². The van der Waals surface area contributed by atoms with E-state index in [1.165, 1.54) is 0 Å². The summed E-state index contributed by atoms with van der Waals surface area (Å²) in [6, 6.07) is 5.46. The summed E-state index contributed by atoms with van der Waals surface area (Å²) in [4.78, 5) is 14.4. The minimum Gasteiger partial charge on any atom is -0.485 e. The molecule has 1 aromatic heterocycles. The Morgan fingerprint density at radius 3 is 3.05 bits per heavy atom. The van der Waals surface area contributed by atoms with Gasteiger partial charge < -0.3 is 9.64 Å². The number of hydrogen-bond donors (Lipinski definition) is 0. The van der Waals surface area contributed by atoms with Crippen molar-refractivity contribution in [3.63, 3.8) is 0 Å². The van der Waals surface area contributed by atoms with Crippen LogP contribution < -0.4 is 9.64 Å². The number of para-hydroxylation sites is 1. The molecular formula is C16H18ClN3O2. The molecule has 0 radical (unpaired) electrons. The summed E-state index contributed by atoms with van der Waals surface area (Å²) in [7, 11) is 0. The molecule has 3 rings (SSSR count). The molecule has 0 bridgehead atoms. The second kappa shape index (κ2) is 6.01. The van der Waals surface area contributed by atoms with E-state index in [-0.39, 0.29) is 12.0 Å². The maximum Gasteiger partial charge on any atom is 0.231 e. The number of fused-ring (bicyclic) bond motifs is 1. The third-order valence-corrected chi connectivity index (χ3v) is 3.96. The summed E-state index contributed by atoms with van der Waals surface area (Å²) >= 11 is 6.18. The number of halogens is 1. The molecule has 22 heavy (non-hydrogen) atoms. The normalized spacial score (nSPS) is 17.0. The molecule has 6 heteroatoms. The summed E-state index contributed by atoms with van der Waals surface area (Å²) in [5, 5.41) is 4.73. The monoisotopic (exact) mass is 319 g/mol. The van der Waals surface area contributed by atoms with E-state index in [0.717, 1.165) is 17.8 Å². The lowest BCUT2D eigenvalue weighted by Crippen LogP contribution is -2.43. The fraction of sp³-hybridized carbons (Fsp3) is 0.375. The number of nitrogens with zero attached hydrogens (tertiary/aromatic N) is 3. The van der Waals surface area contributed by atoms with E-state index in [0.29, 0.717) is 23.7 Å². The topological polar surface area (TPSA) is 47.4 Å². The Labute approximate surface area is 134 Å². The van der Waals surface area contributed by atoms with Gasteiger partial charge in [0.25, 0.3) is 0 Å². The average Bonchev–Trinajstić information content (AvgIpc) is 2.95. The lowest BCUT2D eigenvalue weighted by molar-refractivity contribution is -0.118. The standard InChI is InChI=1S/C16H18ClN3O2/c1-3-19-10-12(8-18-19)7-15(21)20-9-11(2)22-16-13(17)5-4-6-14(16)20/h4-6,8,10-11H,3,7,9H2,1-2H3. The second-order valence-corrected chi connectivity index (χ2v) is 5.81. The predicted octanol–water partition coefficient (Wildman–Crippen LogP) is 2.91. The van der Waals surface area contributed by atoms with Crippen LogP contribution in [0.3, 0.4) is 0 Å². The number of anilines is 1. The van der Waals surface area contributed by atoms with Crippen molar-refractivity contribution in [2.45, 2.75) is 32.9 Å². The molecule has 0 fully saturated rings. The third-order valence-electron chi connectivity index (χ3n) is 3.66. The predicted molar refractivity (Wildman–Crippen MR) is 85.5 cm³/mol. The fourth-order valence-corrected chi connectivity index (χ4v) is 2.81. The molecule has 0 aliphatic carbocycles. The van der Waals surface area contributed by atoms with Crippen molar-refractivity contribution < 1.29 is 9.53 Å². The molecule has 1 atom stereocenters. The van der Waals surface area contributed by atoms with E-state index in [9.17, 15) is 4.79 Å². The molecule has 1 unspecified atom stereocenters. The molecule has 0 saturated carbocycles. The van der Waals surface area contributed by atoms with Crippen molar-refractivity contribution in [2.75, 3.05) is 11.4 Å². The Kier molecular flexibility index (Phi) is 4.07. The van der Waals surface area contributed by atoms with Gasteiger partial charge in [0.1, 0.15) is 6.10 Å². The zero-order valence-corrected chi connectivity index (χ0v) is 13.4. The van der Waals surface area contributed by atoms with Crippen molar-refractivity contribution >= 4 is 23.2 Å². The van der Waals surface area contributed by atoms with Crippen LogP contribution in [0.5, 0.6) is 5.75 Å². The van der Waals surface area contributed by atoms with Gasteiger partial charge in [-0.1, -0.05) is 17.7 Å². The number of hydrogen-bond acceptors (Lipinski definition) is 3. The van der Waals surface area contributed by atoms with Gasteiger partial charge >= 0.3 is 0 Å². The van der Waals surface area contributed by atoms with Gasteiger partial charge in [-0.3, -0.25) is 9.48 Å². The van der Waals surface area contributed by atoms with E-state index in [4.69, 9.17) is 16.3 Å². The molecule has 1 aliphatic rings. The first-order valence-corrected chi connectivity index (χ1v) is 7.73. The van der Waals surface area contributed by atoms with Crippen LogP contribution >= 0.6 is 11.6 Å². The van der Waals surface area contributed by atoms with Gasteiger partial charge in [0.15, 0.2) is 5.75 Å². The molecule has 5 nitrogen and oxygen atoms in total. The first kappa shape index (κ1) is 14.9. The van der Waals surface area contributed by atoms with Crippen molar-refractivity contribution in [1.29, 1.82) is 0 Å². The Morgan fingerprint density at radius 1 is 1.50 bits per heavy atom. The highest BCUT2D eigenvalue weighted by Gasteiger charge is 2.29. The molecule has 0 N–H and O–H groups in total. The summed E-state index contributed by atoms with van der Waals surface area (Å²) in [5.41, 5.74) is 1.65. The van der Waals surface area contributed by atoms with Crippen LogP contribution in [0.2, 0.25) is 5.02 Å². The molecule has 2 heterocycles. The molecule has 1 aromatic carbocycles. The van der Waals surface area contributed by atoms with Gasteiger partial charge in [0, 0.05) is 12.7 Å². The van der Waals surface area contributed by atoms with Crippen molar-refractivity contribution in [3.8, 4) is 5.75 Å². The second-order valence-electron chi connectivity index (χ2n) is 5.40. The molecule has 2 aromatic rings. The van der Waals surface area contributed by atoms with E-state index < -0.39 is 0 Å². The van der Waals surface area contributed by atoms with Crippen molar-refractivity contribution in [1.82, 2.24) is 9.78 Å². The fourth-order valence-electron chi connectivity index (χ4n) is 2.60. The van der Waals surface area contributed by atoms with Crippen molar-refractivity contribution in [2.24, 2.45) is 0 Å². The number of aryl methyl sites for hydroxylation is 1. The Morgan fingerprint density at radius 2 is 2.32 bits per heavy atom. The van der Waals surface area contributed by atoms with Crippen LogP contribution in [0.15, 0.2) is 30.6 Å². The molecule has 0 spiro atoms. The summed E-state index contributed by atoms with van der Waals surface area (Å²) in [6.07, 6.45) is 3.87. The van der Waals surface area contributed by atoms with Gasteiger partial charge in [-0.05, 0) is 31.5 Å². The third kappa shape index (κ3) is 2.81. The van der Waals surface area contributed by atoms with Gasteiger partial charge in [0.2, 0.25) is 5.91 Å². The van der Waals surface area contributed by atoms with Crippen LogP contribution in [0.4, 0.5) is 5.69 Å². The smallest absolute Gasteiger partial charge is 0.231 e. The zero-order chi connectivity index (χ0) is 15.7. The average molecular weight is 320 g/mol. The molecule has 0 saturated heterocycles. The number of amides is 1. The Hall–Kier alpha value is -2.01. The minimum atomic E-state index is -0.0882. The highest BCUT2D eigenvalue weighted by atomic mass is 35.5. The van der Waals surface area contributed by atoms with Crippen LogP contribution in [-0.4, -0.2) is 28.3 Å². The largest absolute Gasteiger partial charge is 0.485 e. The van der Waals surface area contributed by atoms with E-state index in [1.54, 1.807) is 17.2 Å². The first-order valence-electron chi connectivity index (χ1n) is 7.35. The summed E-state index contributed by atoms with van der Waals surface area (Å²) < 4.78 is 7.59. The van der Waals surface area contributed by atoms with Gasteiger partial charge in [-0.15, -0.1) is 0 Å². The maximum absolute atomic E-state index is 12.7. The lowest BCUT2D eigenvalue weighted by Gasteiger charge is -2.33. The quantitative estimate of drug-likeness (QED) is 0.874. The van der Waals surface area contributed by atoms with Crippen LogP contribution in [0.1, 0.15) is 19.4 Å². The number of ether oxygens (including phenoxy) is 1. The molecule has 116 valence electrons. The zero-order valence-electron chi connectivity index (χ0n) is 12.6. The summed E-state index contributed by atoms with van der Waals surface area (Å²) in [5.74, 6) is 0.606. The first-order chi connectivity index (χ1) is 10.6. The molecular weight excluding hydrogens is 302 g/mol.